The maximum Gasteiger partial charge on any atom is 0.228 e. The van der Waals surface area contributed by atoms with E-state index in [1.807, 2.05) is 18.2 Å². The van der Waals surface area contributed by atoms with Gasteiger partial charge in [0.25, 0.3) is 0 Å². The molecule has 6 nitrogen and oxygen atoms in total. The van der Waals surface area contributed by atoms with Crippen LogP contribution in [0.15, 0.2) is 30.3 Å². The molecule has 24 heavy (non-hydrogen) atoms. The highest BCUT2D eigenvalue weighted by molar-refractivity contribution is 5.89. The SMILES string of the molecule is COCCN1CC(C(=O)N(CCN)CCc2ccccc2)CC1=O. The molecule has 1 fully saturated rings. The second-order valence-corrected chi connectivity index (χ2v) is 6.08. The number of rotatable bonds is 9. The van der Waals surface area contributed by atoms with Crippen LogP contribution in [0.2, 0.25) is 0 Å². The number of carbonyl (C=O) groups is 2. The van der Waals surface area contributed by atoms with Gasteiger partial charge in [-0.15, -0.1) is 0 Å². The Morgan fingerprint density at radius 3 is 2.75 bits per heavy atom. The Morgan fingerprint density at radius 1 is 1.33 bits per heavy atom. The molecule has 0 spiro atoms. The Kier molecular flexibility index (Phi) is 7.21. The third-order valence-corrected chi connectivity index (χ3v) is 4.35. The van der Waals surface area contributed by atoms with Gasteiger partial charge in [0, 0.05) is 46.3 Å². The minimum absolute atomic E-state index is 0.0288. The van der Waals surface area contributed by atoms with Gasteiger partial charge in [-0.05, 0) is 12.0 Å². The van der Waals surface area contributed by atoms with E-state index in [0.29, 0.717) is 39.3 Å². The van der Waals surface area contributed by atoms with Gasteiger partial charge in [0.1, 0.15) is 0 Å². The Bertz CT molecular complexity index is 536. The van der Waals surface area contributed by atoms with E-state index >= 15 is 0 Å². The summed E-state index contributed by atoms with van der Waals surface area (Å²) in [7, 11) is 1.61. The van der Waals surface area contributed by atoms with Gasteiger partial charge in [0.2, 0.25) is 11.8 Å². The maximum absolute atomic E-state index is 12.8. The van der Waals surface area contributed by atoms with Crippen LogP contribution in [0.3, 0.4) is 0 Å². The highest BCUT2D eigenvalue weighted by Gasteiger charge is 2.35. The summed E-state index contributed by atoms with van der Waals surface area (Å²) in [6, 6.07) is 10.1. The molecule has 0 saturated carbocycles. The van der Waals surface area contributed by atoms with Gasteiger partial charge in [0.15, 0.2) is 0 Å². The second-order valence-electron chi connectivity index (χ2n) is 6.08. The molecule has 1 aliphatic heterocycles. The number of likely N-dealkylation sites (tertiary alicyclic amines) is 1. The van der Waals surface area contributed by atoms with Crippen molar-refractivity contribution in [3.8, 4) is 0 Å². The van der Waals surface area contributed by atoms with E-state index in [9.17, 15) is 9.59 Å². The fourth-order valence-electron chi connectivity index (χ4n) is 3.01. The molecule has 6 heteroatoms. The lowest BCUT2D eigenvalue weighted by atomic mass is 10.1. The molecule has 0 bridgehead atoms. The summed E-state index contributed by atoms with van der Waals surface area (Å²) in [5, 5.41) is 0. The number of methoxy groups -OCH3 is 1. The Labute approximate surface area is 143 Å². The van der Waals surface area contributed by atoms with Crippen molar-refractivity contribution in [2.24, 2.45) is 11.7 Å². The Hall–Kier alpha value is -1.92. The highest BCUT2D eigenvalue weighted by Crippen LogP contribution is 2.20. The molecule has 1 unspecified atom stereocenters. The summed E-state index contributed by atoms with van der Waals surface area (Å²) in [5.74, 6) is -0.206. The number of ether oxygens (including phenoxy) is 1. The van der Waals surface area contributed by atoms with Crippen molar-refractivity contribution in [2.75, 3.05) is 46.4 Å². The van der Waals surface area contributed by atoms with Gasteiger partial charge in [-0.25, -0.2) is 0 Å². The first-order valence-corrected chi connectivity index (χ1v) is 8.45. The van der Waals surface area contributed by atoms with Crippen LogP contribution in [0.4, 0.5) is 0 Å². The summed E-state index contributed by atoms with van der Waals surface area (Å²) >= 11 is 0. The van der Waals surface area contributed by atoms with Gasteiger partial charge in [-0.3, -0.25) is 9.59 Å². The van der Waals surface area contributed by atoms with E-state index in [1.54, 1.807) is 16.9 Å². The van der Waals surface area contributed by atoms with E-state index in [4.69, 9.17) is 10.5 Å². The van der Waals surface area contributed by atoms with Crippen LogP contribution in [0.25, 0.3) is 0 Å². The third-order valence-electron chi connectivity index (χ3n) is 4.35. The predicted octanol–water partition coefficient (Wildman–Crippen LogP) is 0.511. The topological polar surface area (TPSA) is 75.9 Å². The van der Waals surface area contributed by atoms with Crippen molar-refractivity contribution in [1.82, 2.24) is 9.80 Å². The molecule has 1 aromatic rings. The van der Waals surface area contributed by atoms with Crippen LogP contribution >= 0.6 is 0 Å². The first-order valence-electron chi connectivity index (χ1n) is 8.45. The van der Waals surface area contributed by atoms with E-state index < -0.39 is 0 Å². The smallest absolute Gasteiger partial charge is 0.228 e. The molecule has 0 radical (unpaired) electrons. The summed E-state index contributed by atoms with van der Waals surface area (Å²) < 4.78 is 5.02. The van der Waals surface area contributed by atoms with Crippen LogP contribution in [0.5, 0.6) is 0 Å². The average molecular weight is 333 g/mol. The molecule has 2 rings (SSSR count). The number of benzene rings is 1. The average Bonchev–Trinajstić information content (AvgIpc) is 2.98. The monoisotopic (exact) mass is 333 g/mol. The lowest BCUT2D eigenvalue weighted by Gasteiger charge is -2.25. The zero-order chi connectivity index (χ0) is 17.4. The van der Waals surface area contributed by atoms with Crippen molar-refractivity contribution >= 4 is 11.8 Å². The largest absolute Gasteiger partial charge is 0.383 e. The normalized spacial score (nSPS) is 17.3. The van der Waals surface area contributed by atoms with Crippen LogP contribution in [-0.4, -0.2) is 68.1 Å². The predicted molar refractivity (Wildman–Crippen MR) is 92.3 cm³/mol. The number of nitrogens with two attached hydrogens (primary N) is 1. The van der Waals surface area contributed by atoms with Gasteiger partial charge < -0.3 is 20.3 Å². The van der Waals surface area contributed by atoms with Crippen LogP contribution < -0.4 is 5.73 Å². The molecule has 1 aliphatic rings. The molecule has 1 aromatic carbocycles. The Morgan fingerprint density at radius 2 is 2.08 bits per heavy atom. The molecule has 1 heterocycles. The number of nitrogens with zero attached hydrogens (tertiary/aromatic N) is 2. The third kappa shape index (κ3) is 5.04. The molecular formula is C18H27N3O3. The summed E-state index contributed by atoms with van der Waals surface area (Å²) in [5.41, 5.74) is 6.86. The number of hydrogen-bond acceptors (Lipinski definition) is 4. The van der Waals surface area contributed by atoms with Crippen molar-refractivity contribution in [3.05, 3.63) is 35.9 Å². The number of hydrogen-bond donors (Lipinski definition) is 1. The van der Waals surface area contributed by atoms with Gasteiger partial charge >= 0.3 is 0 Å². The van der Waals surface area contributed by atoms with Crippen molar-refractivity contribution < 1.29 is 14.3 Å². The molecule has 0 aliphatic carbocycles. The van der Waals surface area contributed by atoms with Crippen LogP contribution in [-0.2, 0) is 20.7 Å². The maximum atomic E-state index is 12.8. The minimum atomic E-state index is -0.267. The summed E-state index contributed by atoms with van der Waals surface area (Å²) in [6.45, 7) is 3.09. The molecule has 2 amide bonds. The van der Waals surface area contributed by atoms with Crippen molar-refractivity contribution in [2.45, 2.75) is 12.8 Å². The first kappa shape index (κ1) is 18.4. The van der Waals surface area contributed by atoms with E-state index in [0.717, 1.165) is 6.42 Å². The molecule has 132 valence electrons. The van der Waals surface area contributed by atoms with Crippen molar-refractivity contribution in [3.63, 3.8) is 0 Å². The lowest BCUT2D eigenvalue weighted by Crippen LogP contribution is -2.41. The summed E-state index contributed by atoms with van der Waals surface area (Å²) in [4.78, 5) is 28.3. The fourth-order valence-corrected chi connectivity index (χ4v) is 3.01. The van der Waals surface area contributed by atoms with Gasteiger partial charge in [-0.2, -0.15) is 0 Å². The van der Waals surface area contributed by atoms with E-state index in [-0.39, 0.29) is 24.2 Å². The zero-order valence-electron chi connectivity index (χ0n) is 14.3. The molecular weight excluding hydrogens is 306 g/mol. The second kappa shape index (κ2) is 9.39. The number of amides is 2. The lowest BCUT2D eigenvalue weighted by molar-refractivity contribution is -0.135. The molecule has 2 N–H and O–H groups in total. The first-order chi connectivity index (χ1) is 11.7. The van der Waals surface area contributed by atoms with Gasteiger partial charge in [-0.1, -0.05) is 30.3 Å². The highest BCUT2D eigenvalue weighted by atomic mass is 16.5. The van der Waals surface area contributed by atoms with E-state index in [1.165, 1.54) is 5.56 Å². The quantitative estimate of drug-likeness (QED) is 0.714. The fraction of sp³-hybridized carbons (Fsp3) is 0.556. The Balaban J connectivity index is 1.92. The van der Waals surface area contributed by atoms with Crippen LogP contribution in [0.1, 0.15) is 12.0 Å². The van der Waals surface area contributed by atoms with Crippen molar-refractivity contribution in [1.29, 1.82) is 0 Å². The summed E-state index contributed by atoms with van der Waals surface area (Å²) in [6.07, 6.45) is 1.08. The number of carbonyl (C=O) groups excluding carboxylic acids is 2. The zero-order valence-corrected chi connectivity index (χ0v) is 14.3. The van der Waals surface area contributed by atoms with Crippen LogP contribution in [0, 0.1) is 5.92 Å². The molecule has 1 atom stereocenters. The minimum Gasteiger partial charge on any atom is -0.383 e. The van der Waals surface area contributed by atoms with E-state index in [2.05, 4.69) is 12.1 Å². The molecule has 0 aromatic heterocycles. The molecule has 1 saturated heterocycles. The standard InChI is InChI=1S/C18H27N3O3/c1-24-12-11-21-14-16(13-17(21)22)18(23)20(10-8-19)9-7-15-5-3-2-4-6-15/h2-6,16H,7-14,19H2,1H3. The van der Waals surface area contributed by atoms with Gasteiger partial charge in [0.05, 0.1) is 12.5 Å².